The lowest BCUT2D eigenvalue weighted by Crippen LogP contribution is -2.20. The van der Waals surface area contributed by atoms with Crippen LogP contribution < -0.4 is 14.8 Å². The molecule has 7 heteroatoms. The molecule has 6 nitrogen and oxygen atoms in total. The van der Waals surface area contributed by atoms with Crippen molar-refractivity contribution in [2.75, 3.05) is 14.2 Å². The van der Waals surface area contributed by atoms with Gasteiger partial charge in [-0.3, -0.25) is 10.1 Å². The van der Waals surface area contributed by atoms with Crippen molar-refractivity contribution < 1.29 is 23.4 Å². The standard InChI is InChI=1S/C15H13NO5S/c1-18-10-4-3-8(7-12(10)19-2)9-5-6-11(20-9)13-14(17)16-15(22)21-13/h3-7,13H,1-2H3,(H,16,17,22). The zero-order valence-corrected chi connectivity index (χ0v) is 12.7. The Kier molecular flexibility index (Phi) is 3.72. The molecule has 1 amide bonds. The topological polar surface area (TPSA) is 69.9 Å². The van der Waals surface area contributed by atoms with Gasteiger partial charge in [0.15, 0.2) is 17.3 Å². The number of furan rings is 1. The predicted molar refractivity (Wildman–Crippen MR) is 81.8 cm³/mol. The molecule has 0 aliphatic carbocycles. The van der Waals surface area contributed by atoms with Crippen molar-refractivity contribution in [2.45, 2.75) is 6.10 Å². The van der Waals surface area contributed by atoms with E-state index >= 15 is 0 Å². The Hall–Kier alpha value is -2.54. The van der Waals surface area contributed by atoms with Crippen LogP contribution in [-0.4, -0.2) is 25.3 Å². The Bertz CT molecular complexity index is 739. The maximum absolute atomic E-state index is 11.7. The minimum atomic E-state index is -0.846. The van der Waals surface area contributed by atoms with Crippen LogP contribution in [0.2, 0.25) is 0 Å². The number of ether oxygens (including phenoxy) is 3. The first-order valence-corrected chi connectivity index (χ1v) is 6.87. The molecule has 2 aromatic rings. The highest BCUT2D eigenvalue weighted by Gasteiger charge is 2.34. The second kappa shape index (κ2) is 5.69. The van der Waals surface area contributed by atoms with Gasteiger partial charge in [0.1, 0.15) is 5.76 Å². The van der Waals surface area contributed by atoms with Gasteiger partial charge < -0.3 is 18.6 Å². The van der Waals surface area contributed by atoms with Gasteiger partial charge in [0.2, 0.25) is 6.10 Å². The van der Waals surface area contributed by atoms with Crippen LogP contribution in [0.25, 0.3) is 11.3 Å². The van der Waals surface area contributed by atoms with E-state index < -0.39 is 6.10 Å². The average molecular weight is 319 g/mol. The van der Waals surface area contributed by atoms with Crippen molar-refractivity contribution in [2.24, 2.45) is 0 Å². The number of benzene rings is 1. The number of methoxy groups -OCH3 is 2. The highest BCUT2D eigenvalue weighted by Crippen LogP contribution is 2.34. The van der Waals surface area contributed by atoms with E-state index in [-0.39, 0.29) is 11.1 Å². The van der Waals surface area contributed by atoms with Gasteiger partial charge in [-0.15, -0.1) is 0 Å². The van der Waals surface area contributed by atoms with Crippen LogP contribution in [0.5, 0.6) is 11.5 Å². The van der Waals surface area contributed by atoms with Gasteiger partial charge in [-0.25, -0.2) is 0 Å². The van der Waals surface area contributed by atoms with Gasteiger partial charge in [-0.05, 0) is 42.5 Å². The number of thiocarbonyl (C=S) groups is 1. The molecule has 1 fully saturated rings. The summed E-state index contributed by atoms with van der Waals surface area (Å²) in [4.78, 5) is 11.7. The zero-order chi connectivity index (χ0) is 15.7. The van der Waals surface area contributed by atoms with Crippen LogP contribution in [0.3, 0.4) is 0 Å². The minimum absolute atomic E-state index is 0.0547. The molecule has 114 valence electrons. The van der Waals surface area contributed by atoms with Gasteiger partial charge >= 0.3 is 0 Å². The molecule has 1 atom stereocenters. The lowest BCUT2D eigenvalue weighted by molar-refractivity contribution is -0.124. The van der Waals surface area contributed by atoms with Gasteiger partial charge in [0.05, 0.1) is 14.2 Å². The lowest BCUT2D eigenvalue weighted by Gasteiger charge is -2.08. The molecule has 3 rings (SSSR count). The molecule has 1 unspecified atom stereocenters. The molecule has 0 spiro atoms. The fourth-order valence-corrected chi connectivity index (χ4v) is 2.38. The molecule has 0 saturated carbocycles. The van der Waals surface area contributed by atoms with E-state index in [2.05, 4.69) is 5.32 Å². The number of carbonyl (C=O) groups is 1. The number of rotatable bonds is 4. The predicted octanol–water partition coefficient (Wildman–Crippen LogP) is 2.44. The first-order valence-electron chi connectivity index (χ1n) is 6.46. The highest BCUT2D eigenvalue weighted by molar-refractivity contribution is 7.80. The Labute approximate surface area is 132 Å². The molecule has 2 heterocycles. The van der Waals surface area contributed by atoms with Gasteiger partial charge in [-0.1, -0.05) is 0 Å². The Morgan fingerprint density at radius 2 is 1.91 bits per heavy atom. The number of hydrogen-bond acceptors (Lipinski definition) is 6. The normalized spacial score (nSPS) is 17.1. The average Bonchev–Trinajstić information content (AvgIpc) is 3.12. The molecule has 1 aromatic heterocycles. The van der Waals surface area contributed by atoms with E-state index in [0.717, 1.165) is 5.56 Å². The van der Waals surface area contributed by atoms with Crippen LogP contribution in [0.1, 0.15) is 11.9 Å². The number of carbonyl (C=O) groups excluding carboxylic acids is 1. The van der Waals surface area contributed by atoms with E-state index in [0.29, 0.717) is 23.0 Å². The van der Waals surface area contributed by atoms with Gasteiger partial charge in [-0.2, -0.15) is 0 Å². The maximum Gasteiger partial charge on any atom is 0.276 e. The van der Waals surface area contributed by atoms with Crippen LogP contribution in [0.15, 0.2) is 34.7 Å². The highest BCUT2D eigenvalue weighted by atomic mass is 32.1. The number of nitrogens with one attached hydrogen (secondary N) is 1. The van der Waals surface area contributed by atoms with Crippen molar-refractivity contribution in [3.63, 3.8) is 0 Å². The third kappa shape index (κ3) is 2.50. The number of hydrogen-bond donors (Lipinski definition) is 1. The molecular formula is C15H13NO5S. The SMILES string of the molecule is COc1ccc(-c2ccc(C3OC(=S)NC3=O)o2)cc1OC. The largest absolute Gasteiger partial charge is 0.493 e. The first kappa shape index (κ1) is 14.4. The van der Waals surface area contributed by atoms with Crippen LogP contribution >= 0.6 is 12.2 Å². The number of amides is 1. The van der Waals surface area contributed by atoms with Crippen molar-refractivity contribution in [3.8, 4) is 22.8 Å². The second-order valence-electron chi connectivity index (χ2n) is 4.55. The van der Waals surface area contributed by atoms with E-state index in [1.54, 1.807) is 38.5 Å². The van der Waals surface area contributed by atoms with Gasteiger partial charge in [0, 0.05) is 5.56 Å². The third-order valence-electron chi connectivity index (χ3n) is 3.24. The summed E-state index contributed by atoms with van der Waals surface area (Å²) < 4.78 is 21.4. The van der Waals surface area contributed by atoms with Crippen molar-refractivity contribution in [1.82, 2.24) is 5.32 Å². The van der Waals surface area contributed by atoms with Crippen LogP contribution in [0, 0.1) is 0 Å². The molecule has 1 N–H and O–H groups in total. The summed E-state index contributed by atoms with van der Waals surface area (Å²) in [6.45, 7) is 0. The summed E-state index contributed by atoms with van der Waals surface area (Å²) >= 11 is 4.81. The van der Waals surface area contributed by atoms with E-state index in [1.165, 1.54) is 0 Å². The summed E-state index contributed by atoms with van der Waals surface area (Å²) in [5.74, 6) is 1.86. The molecule has 1 aromatic carbocycles. The Balaban J connectivity index is 1.91. The van der Waals surface area contributed by atoms with Gasteiger partial charge in [0.25, 0.3) is 11.1 Å². The summed E-state index contributed by atoms with van der Waals surface area (Å²) in [5.41, 5.74) is 0.796. The third-order valence-corrected chi connectivity index (χ3v) is 3.44. The summed E-state index contributed by atoms with van der Waals surface area (Å²) in [6, 6.07) is 8.86. The Morgan fingerprint density at radius 1 is 1.14 bits per heavy atom. The molecule has 1 saturated heterocycles. The molecule has 1 aliphatic heterocycles. The van der Waals surface area contributed by atoms with Crippen molar-refractivity contribution >= 4 is 23.3 Å². The smallest absolute Gasteiger partial charge is 0.276 e. The minimum Gasteiger partial charge on any atom is -0.493 e. The van der Waals surface area contributed by atoms with Crippen molar-refractivity contribution in [3.05, 3.63) is 36.1 Å². The van der Waals surface area contributed by atoms with Crippen LogP contribution in [0.4, 0.5) is 0 Å². The molecule has 0 bridgehead atoms. The fraction of sp³-hybridized carbons (Fsp3) is 0.200. The molecule has 1 aliphatic rings. The molecular weight excluding hydrogens is 306 g/mol. The maximum atomic E-state index is 11.7. The summed E-state index contributed by atoms with van der Waals surface area (Å²) in [7, 11) is 3.13. The summed E-state index contributed by atoms with van der Waals surface area (Å²) in [6.07, 6.45) is -0.846. The Morgan fingerprint density at radius 3 is 2.55 bits per heavy atom. The van der Waals surface area contributed by atoms with E-state index in [4.69, 9.17) is 30.8 Å². The first-order chi connectivity index (χ1) is 10.6. The van der Waals surface area contributed by atoms with E-state index in [9.17, 15) is 4.79 Å². The van der Waals surface area contributed by atoms with E-state index in [1.807, 2.05) is 6.07 Å². The molecule has 22 heavy (non-hydrogen) atoms. The quantitative estimate of drug-likeness (QED) is 0.873. The fourth-order valence-electron chi connectivity index (χ4n) is 2.18. The second-order valence-corrected chi connectivity index (χ2v) is 4.92. The summed E-state index contributed by atoms with van der Waals surface area (Å²) in [5, 5.41) is 2.48. The zero-order valence-electron chi connectivity index (χ0n) is 11.9. The molecule has 0 radical (unpaired) electrons. The monoisotopic (exact) mass is 319 g/mol. The lowest BCUT2D eigenvalue weighted by atomic mass is 10.1. The van der Waals surface area contributed by atoms with Crippen LogP contribution in [-0.2, 0) is 9.53 Å². The van der Waals surface area contributed by atoms with Crippen molar-refractivity contribution in [1.29, 1.82) is 0 Å².